The quantitative estimate of drug-likeness (QED) is 0.832. The van der Waals surface area contributed by atoms with Crippen molar-refractivity contribution < 1.29 is 0 Å². The first-order chi connectivity index (χ1) is 9.33. The van der Waals surface area contributed by atoms with Crippen LogP contribution in [0.25, 0.3) is 0 Å². The minimum atomic E-state index is 0.812. The van der Waals surface area contributed by atoms with E-state index >= 15 is 0 Å². The van der Waals surface area contributed by atoms with Crippen molar-refractivity contribution in [3.8, 4) is 0 Å². The molecule has 0 N–H and O–H groups in total. The lowest BCUT2D eigenvalue weighted by Gasteiger charge is -2.40. The van der Waals surface area contributed by atoms with Crippen LogP contribution in [0.4, 0.5) is 5.82 Å². The maximum atomic E-state index is 4.50. The Morgan fingerprint density at radius 2 is 1.74 bits per heavy atom. The molecule has 0 unspecified atom stereocenters. The molecule has 0 bridgehead atoms. The van der Waals surface area contributed by atoms with Crippen LogP contribution in [0.15, 0.2) is 22.8 Å². The SMILES string of the molecule is Brc1ccc(N2CCC(N3CCCCC3)CC2)nc1. The van der Waals surface area contributed by atoms with Crippen molar-refractivity contribution in [1.82, 2.24) is 9.88 Å². The average molecular weight is 324 g/mol. The topological polar surface area (TPSA) is 19.4 Å². The Morgan fingerprint density at radius 1 is 1.00 bits per heavy atom. The van der Waals surface area contributed by atoms with Crippen LogP contribution in [0.3, 0.4) is 0 Å². The van der Waals surface area contributed by atoms with Gasteiger partial charge in [-0.05, 0) is 66.8 Å². The van der Waals surface area contributed by atoms with E-state index in [0.717, 1.165) is 29.4 Å². The van der Waals surface area contributed by atoms with Gasteiger partial charge in [0, 0.05) is 29.8 Å². The fourth-order valence-corrected chi connectivity index (χ4v) is 3.53. The van der Waals surface area contributed by atoms with Crippen LogP contribution in [0.1, 0.15) is 32.1 Å². The first kappa shape index (κ1) is 13.4. The van der Waals surface area contributed by atoms with Crippen LogP contribution in [0, 0.1) is 0 Å². The third-order valence-electron chi connectivity index (χ3n) is 4.41. The molecule has 2 saturated heterocycles. The van der Waals surface area contributed by atoms with Crippen LogP contribution < -0.4 is 4.90 Å². The van der Waals surface area contributed by atoms with Crippen molar-refractivity contribution in [1.29, 1.82) is 0 Å². The second kappa shape index (κ2) is 6.23. The largest absolute Gasteiger partial charge is 0.357 e. The molecule has 3 nitrogen and oxygen atoms in total. The Morgan fingerprint density at radius 3 is 2.37 bits per heavy atom. The number of piperidine rings is 2. The summed E-state index contributed by atoms with van der Waals surface area (Å²) in [5, 5.41) is 0. The monoisotopic (exact) mass is 323 g/mol. The average Bonchev–Trinajstić information content (AvgIpc) is 2.49. The highest BCUT2D eigenvalue weighted by Gasteiger charge is 2.25. The second-order valence-corrected chi connectivity index (χ2v) is 6.57. The Balaban J connectivity index is 1.55. The summed E-state index contributed by atoms with van der Waals surface area (Å²) in [6.07, 6.45) is 8.70. The Kier molecular flexibility index (Phi) is 4.38. The number of hydrogen-bond donors (Lipinski definition) is 0. The lowest BCUT2D eigenvalue weighted by molar-refractivity contribution is 0.141. The molecule has 0 atom stereocenters. The van der Waals surface area contributed by atoms with E-state index in [4.69, 9.17) is 0 Å². The molecule has 1 aromatic rings. The zero-order valence-electron chi connectivity index (χ0n) is 11.4. The summed E-state index contributed by atoms with van der Waals surface area (Å²) in [5.41, 5.74) is 0. The van der Waals surface area contributed by atoms with E-state index in [1.807, 2.05) is 6.20 Å². The number of rotatable bonds is 2. The third-order valence-corrected chi connectivity index (χ3v) is 4.88. The lowest BCUT2D eigenvalue weighted by Crippen LogP contribution is -2.46. The van der Waals surface area contributed by atoms with Gasteiger partial charge < -0.3 is 9.80 Å². The fourth-order valence-electron chi connectivity index (χ4n) is 3.30. The van der Waals surface area contributed by atoms with E-state index in [2.05, 4.69) is 42.8 Å². The highest BCUT2D eigenvalue weighted by molar-refractivity contribution is 9.10. The van der Waals surface area contributed by atoms with Gasteiger partial charge >= 0.3 is 0 Å². The highest BCUT2D eigenvalue weighted by Crippen LogP contribution is 2.24. The van der Waals surface area contributed by atoms with Crippen molar-refractivity contribution in [3.63, 3.8) is 0 Å². The van der Waals surface area contributed by atoms with Crippen molar-refractivity contribution in [3.05, 3.63) is 22.8 Å². The summed E-state index contributed by atoms with van der Waals surface area (Å²) in [5.74, 6) is 1.13. The van der Waals surface area contributed by atoms with Gasteiger partial charge in [0.05, 0.1) is 0 Å². The van der Waals surface area contributed by atoms with Gasteiger partial charge in [-0.25, -0.2) is 4.98 Å². The molecule has 4 heteroatoms. The molecule has 2 aliphatic heterocycles. The molecule has 104 valence electrons. The number of aromatic nitrogens is 1. The maximum absolute atomic E-state index is 4.50. The first-order valence-corrected chi connectivity index (χ1v) is 8.23. The van der Waals surface area contributed by atoms with Crippen LogP contribution >= 0.6 is 15.9 Å². The normalized spacial score (nSPS) is 22.7. The smallest absolute Gasteiger partial charge is 0.128 e. The summed E-state index contributed by atoms with van der Waals surface area (Å²) < 4.78 is 1.06. The van der Waals surface area contributed by atoms with Gasteiger partial charge in [0.15, 0.2) is 0 Å². The van der Waals surface area contributed by atoms with Crippen molar-refractivity contribution >= 4 is 21.7 Å². The molecule has 2 fully saturated rings. The van der Waals surface area contributed by atoms with E-state index in [9.17, 15) is 0 Å². The van der Waals surface area contributed by atoms with E-state index in [-0.39, 0.29) is 0 Å². The number of likely N-dealkylation sites (tertiary alicyclic amines) is 1. The van der Waals surface area contributed by atoms with E-state index in [0.29, 0.717) is 0 Å². The van der Waals surface area contributed by atoms with Gasteiger partial charge in [-0.2, -0.15) is 0 Å². The van der Waals surface area contributed by atoms with E-state index in [1.54, 1.807) is 0 Å². The van der Waals surface area contributed by atoms with Crippen LogP contribution in [-0.4, -0.2) is 42.1 Å². The number of hydrogen-bond acceptors (Lipinski definition) is 3. The molecular formula is C15H22BrN3. The molecular weight excluding hydrogens is 302 g/mol. The molecule has 19 heavy (non-hydrogen) atoms. The van der Waals surface area contributed by atoms with E-state index < -0.39 is 0 Å². The van der Waals surface area contributed by atoms with Gasteiger partial charge in [0.2, 0.25) is 0 Å². The summed E-state index contributed by atoms with van der Waals surface area (Å²) in [4.78, 5) is 9.65. The number of halogens is 1. The zero-order valence-corrected chi connectivity index (χ0v) is 13.0. The standard InChI is InChI=1S/C15H22BrN3/c16-13-4-5-15(17-12-13)19-10-6-14(7-11-19)18-8-2-1-3-9-18/h4-5,12,14H,1-3,6-11H2. The highest BCUT2D eigenvalue weighted by atomic mass is 79.9. The summed E-state index contributed by atoms with van der Waals surface area (Å²) >= 11 is 3.44. The van der Waals surface area contributed by atoms with Gasteiger partial charge in [-0.3, -0.25) is 0 Å². The fraction of sp³-hybridized carbons (Fsp3) is 0.667. The zero-order chi connectivity index (χ0) is 13.1. The van der Waals surface area contributed by atoms with Gasteiger partial charge in [-0.1, -0.05) is 6.42 Å². The lowest BCUT2D eigenvalue weighted by atomic mass is 10.00. The second-order valence-electron chi connectivity index (χ2n) is 5.65. The Bertz CT molecular complexity index is 392. The van der Waals surface area contributed by atoms with Crippen molar-refractivity contribution in [2.75, 3.05) is 31.1 Å². The maximum Gasteiger partial charge on any atom is 0.128 e. The summed E-state index contributed by atoms with van der Waals surface area (Å²) in [6, 6.07) is 5.01. The molecule has 3 heterocycles. The minimum Gasteiger partial charge on any atom is -0.357 e. The molecule has 0 spiro atoms. The molecule has 1 aromatic heterocycles. The summed E-state index contributed by atoms with van der Waals surface area (Å²) in [7, 11) is 0. The number of pyridine rings is 1. The molecule has 0 aliphatic carbocycles. The third kappa shape index (κ3) is 3.29. The first-order valence-electron chi connectivity index (χ1n) is 7.43. The molecule has 0 amide bonds. The van der Waals surface area contributed by atoms with E-state index in [1.165, 1.54) is 45.2 Å². The predicted octanol–water partition coefficient (Wildman–Crippen LogP) is 3.30. The molecule has 0 saturated carbocycles. The molecule has 0 aromatic carbocycles. The van der Waals surface area contributed by atoms with Crippen molar-refractivity contribution in [2.24, 2.45) is 0 Å². The van der Waals surface area contributed by atoms with Crippen LogP contribution in [0.2, 0.25) is 0 Å². The van der Waals surface area contributed by atoms with Gasteiger partial charge in [0.25, 0.3) is 0 Å². The van der Waals surface area contributed by atoms with Crippen LogP contribution in [0.5, 0.6) is 0 Å². The summed E-state index contributed by atoms with van der Waals surface area (Å²) in [6.45, 7) is 4.94. The Hall–Kier alpha value is -0.610. The molecule has 3 rings (SSSR count). The minimum absolute atomic E-state index is 0.812. The van der Waals surface area contributed by atoms with Gasteiger partial charge in [0.1, 0.15) is 5.82 Å². The number of anilines is 1. The predicted molar refractivity (Wildman–Crippen MR) is 82.6 cm³/mol. The molecule has 2 aliphatic rings. The Labute approximate surface area is 124 Å². The number of nitrogens with zero attached hydrogens (tertiary/aromatic N) is 3. The van der Waals surface area contributed by atoms with Crippen LogP contribution in [-0.2, 0) is 0 Å². The van der Waals surface area contributed by atoms with Crippen molar-refractivity contribution in [2.45, 2.75) is 38.1 Å². The van der Waals surface area contributed by atoms with Gasteiger partial charge in [-0.15, -0.1) is 0 Å². The molecule has 0 radical (unpaired) electrons.